The third-order valence-electron chi connectivity index (χ3n) is 4.59. The van der Waals surface area contributed by atoms with Crippen molar-refractivity contribution >= 4 is 16.8 Å². The molecule has 0 unspecified atom stereocenters. The largest absolute Gasteiger partial charge is 0.352 e. The number of fused-ring (bicyclic) bond motifs is 2. The van der Waals surface area contributed by atoms with Crippen LogP contribution < -0.4 is 11.0 Å². The molecule has 0 radical (unpaired) electrons. The molecule has 1 aliphatic heterocycles. The van der Waals surface area contributed by atoms with Gasteiger partial charge in [-0.15, -0.1) is 0 Å². The minimum Gasteiger partial charge on any atom is -0.352 e. The molecular formula is C17H20N6O2. The molecule has 8 nitrogen and oxygen atoms in total. The van der Waals surface area contributed by atoms with Crippen molar-refractivity contribution in [3.63, 3.8) is 0 Å². The van der Waals surface area contributed by atoms with Crippen LogP contribution >= 0.6 is 0 Å². The van der Waals surface area contributed by atoms with E-state index in [1.807, 2.05) is 12.1 Å². The SMILES string of the molecule is O=C(NCCCn1nc2n(c1=O)CCCC2)c1cccc2[nH]ncc12. The Labute approximate surface area is 143 Å². The van der Waals surface area contributed by atoms with Crippen LogP contribution in [0.3, 0.4) is 0 Å². The summed E-state index contributed by atoms with van der Waals surface area (Å²) in [5.74, 6) is 0.746. The lowest BCUT2D eigenvalue weighted by Crippen LogP contribution is -2.29. The van der Waals surface area contributed by atoms with Gasteiger partial charge in [-0.1, -0.05) is 6.07 Å². The summed E-state index contributed by atoms with van der Waals surface area (Å²) < 4.78 is 3.28. The summed E-state index contributed by atoms with van der Waals surface area (Å²) >= 11 is 0. The number of aromatic nitrogens is 5. The van der Waals surface area contributed by atoms with Crippen molar-refractivity contribution in [3.05, 3.63) is 46.3 Å². The molecule has 2 N–H and O–H groups in total. The highest BCUT2D eigenvalue weighted by Crippen LogP contribution is 2.15. The number of aryl methyl sites for hydroxylation is 2. The van der Waals surface area contributed by atoms with Gasteiger partial charge in [0, 0.05) is 31.4 Å². The van der Waals surface area contributed by atoms with Gasteiger partial charge >= 0.3 is 5.69 Å². The zero-order valence-corrected chi connectivity index (χ0v) is 13.9. The molecule has 0 bridgehead atoms. The van der Waals surface area contributed by atoms with Crippen molar-refractivity contribution in [2.24, 2.45) is 0 Å². The molecule has 0 aliphatic carbocycles. The van der Waals surface area contributed by atoms with Gasteiger partial charge in [0.1, 0.15) is 5.82 Å². The Morgan fingerprint density at radius 1 is 1.32 bits per heavy atom. The van der Waals surface area contributed by atoms with E-state index in [2.05, 4.69) is 20.6 Å². The highest BCUT2D eigenvalue weighted by molar-refractivity contribution is 6.05. The molecule has 3 heterocycles. The first-order valence-corrected chi connectivity index (χ1v) is 8.61. The van der Waals surface area contributed by atoms with Gasteiger partial charge in [-0.05, 0) is 31.4 Å². The molecule has 8 heteroatoms. The second-order valence-electron chi connectivity index (χ2n) is 6.28. The molecule has 0 atom stereocenters. The van der Waals surface area contributed by atoms with E-state index < -0.39 is 0 Å². The summed E-state index contributed by atoms with van der Waals surface area (Å²) in [5, 5.41) is 14.9. The maximum Gasteiger partial charge on any atom is 0.345 e. The Kier molecular flexibility index (Phi) is 4.09. The molecule has 0 fully saturated rings. The number of hydrogen-bond donors (Lipinski definition) is 2. The minimum atomic E-state index is -0.136. The molecular weight excluding hydrogens is 320 g/mol. The van der Waals surface area contributed by atoms with E-state index in [0.29, 0.717) is 25.1 Å². The van der Waals surface area contributed by atoms with Gasteiger partial charge in [0.05, 0.1) is 17.3 Å². The lowest BCUT2D eigenvalue weighted by Gasteiger charge is -2.09. The van der Waals surface area contributed by atoms with E-state index in [-0.39, 0.29) is 11.6 Å². The molecule has 2 aromatic heterocycles. The number of carbonyl (C=O) groups excluding carboxylic acids is 1. The molecule has 1 amide bonds. The zero-order valence-electron chi connectivity index (χ0n) is 13.9. The lowest BCUT2D eigenvalue weighted by atomic mass is 10.1. The highest BCUT2D eigenvalue weighted by Gasteiger charge is 2.16. The number of H-pyrrole nitrogens is 1. The van der Waals surface area contributed by atoms with Crippen LogP contribution in [-0.2, 0) is 19.5 Å². The number of aromatic amines is 1. The maximum atomic E-state index is 12.4. The van der Waals surface area contributed by atoms with E-state index in [1.54, 1.807) is 16.8 Å². The van der Waals surface area contributed by atoms with Crippen LogP contribution in [0.5, 0.6) is 0 Å². The first-order chi connectivity index (χ1) is 12.2. The average molecular weight is 340 g/mol. The zero-order chi connectivity index (χ0) is 17.2. The summed E-state index contributed by atoms with van der Waals surface area (Å²) in [5.41, 5.74) is 1.40. The van der Waals surface area contributed by atoms with E-state index >= 15 is 0 Å². The summed E-state index contributed by atoms with van der Waals surface area (Å²) in [7, 11) is 0. The second-order valence-corrected chi connectivity index (χ2v) is 6.28. The van der Waals surface area contributed by atoms with Crippen molar-refractivity contribution < 1.29 is 4.79 Å². The number of rotatable bonds is 5. The van der Waals surface area contributed by atoms with Gasteiger partial charge in [-0.3, -0.25) is 14.5 Å². The van der Waals surface area contributed by atoms with Gasteiger partial charge in [0.15, 0.2) is 0 Å². The monoisotopic (exact) mass is 340 g/mol. The normalized spacial score (nSPS) is 13.8. The van der Waals surface area contributed by atoms with Crippen molar-refractivity contribution in [1.29, 1.82) is 0 Å². The van der Waals surface area contributed by atoms with Crippen LogP contribution in [-0.4, -0.2) is 37.0 Å². The molecule has 4 rings (SSSR count). The highest BCUT2D eigenvalue weighted by atomic mass is 16.2. The third kappa shape index (κ3) is 2.95. The second kappa shape index (κ2) is 6.54. The van der Waals surface area contributed by atoms with E-state index in [9.17, 15) is 9.59 Å². The van der Waals surface area contributed by atoms with Crippen molar-refractivity contribution in [2.75, 3.05) is 6.54 Å². The smallest absolute Gasteiger partial charge is 0.345 e. The standard InChI is InChI=1S/C17H20N6O2/c24-16(12-5-3-6-14-13(12)11-19-20-14)18-8-4-10-23-17(25)22-9-2-1-7-15(22)21-23/h3,5-6,11H,1-2,4,7-10H2,(H,18,24)(H,19,20). The Balaban J connectivity index is 1.35. The summed E-state index contributed by atoms with van der Waals surface area (Å²) in [6, 6.07) is 5.48. The van der Waals surface area contributed by atoms with Gasteiger partial charge in [0.25, 0.3) is 5.91 Å². The number of nitrogens with zero attached hydrogens (tertiary/aromatic N) is 4. The first-order valence-electron chi connectivity index (χ1n) is 8.61. The van der Waals surface area contributed by atoms with Gasteiger partial charge < -0.3 is 5.32 Å². The van der Waals surface area contributed by atoms with E-state index in [1.165, 1.54) is 4.68 Å². The minimum absolute atomic E-state index is 0.0378. The molecule has 3 aromatic rings. The van der Waals surface area contributed by atoms with E-state index in [0.717, 1.165) is 42.5 Å². The number of benzene rings is 1. The van der Waals surface area contributed by atoms with Gasteiger partial charge in [-0.25, -0.2) is 9.48 Å². The molecule has 1 aromatic carbocycles. The fourth-order valence-corrected chi connectivity index (χ4v) is 3.29. The van der Waals surface area contributed by atoms with Crippen molar-refractivity contribution in [1.82, 2.24) is 29.9 Å². The first kappa shape index (κ1) is 15.6. The predicted molar refractivity (Wildman–Crippen MR) is 92.5 cm³/mol. The third-order valence-corrected chi connectivity index (χ3v) is 4.59. The fourth-order valence-electron chi connectivity index (χ4n) is 3.29. The van der Waals surface area contributed by atoms with Gasteiger partial charge in [0.2, 0.25) is 0 Å². The lowest BCUT2D eigenvalue weighted by molar-refractivity contribution is 0.0954. The average Bonchev–Trinajstić information content (AvgIpc) is 3.23. The molecule has 0 saturated carbocycles. The number of carbonyl (C=O) groups is 1. The Morgan fingerprint density at radius 3 is 3.12 bits per heavy atom. The van der Waals surface area contributed by atoms with Crippen LogP contribution in [0.1, 0.15) is 35.4 Å². The summed E-state index contributed by atoms with van der Waals surface area (Å²) in [4.78, 5) is 24.6. The number of nitrogens with one attached hydrogen (secondary N) is 2. The quantitative estimate of drug-likeness (QED) is 0.679. The Hall–Kier alpha value is -2.90. The van der Waals surface area contributed by atoms with Crippen molar-refractivity contribution in [3.8, 4) is 0 Å². The van der Waals surface area contributed by atoms with Crippen LogP contribution in [0.4, 0.5) is 0 Å². The molecule has 1 aliphatic rings. The van der Waals surface area contributed by atoms with Crippen molar-refractivity contribution in [2.45, 2.75) is 38.8 Å². The van der Waals surface area contributed by atoms with E-state index in [4.69, 9.17) is 0 Å². The summed E-state index contributed by atoms with van der Waals surface area (Å²) in [6.45, 7) is 1.76. The Morgan fingerprint density at radius 2 is 2.24 bits per heavy atom. The molecule has 0 spiro atoms. The van der Waals surface area contributed by atoms with Crippen LogP contribution in [0, 0.1) is 0 Å². The molecule has 25 heavy (non-hydrogen) atoms. The predicted octanol–water partition coefficient (Wildman–Crippen LogP) is 1.08. The fraction of sp³-hybridized carbons (Fsp3) is 0.412. The van der Waals surface area contributed by atoms with Crippen LogP contribution in [0.2, 0.25) is 0 Å². The topological polar surface area (TPSA) is 97.6 Å². The number of amides is 1. The van der Waals surface area contributed by atoms with Crippen LogP contribution in [0.25, 0.3) is 10.9 Å². The van der Waals surface area contributed by atoms with Crippen LogP contribution in [0.15, 0.2) is 29.2 Å². The maximum absolute atomic E-state index is 12.4. The number of hydrogen-bond acceptors (Lipinski definition) is 4. The molecule has 130 valence electrons. The van der Waals surface area contributed by atoms with Gasteiger partial charge in [-0.2, -0.15) is 10.2 Å². The summed E-state index contributed by atoms with van der Waals surface area (Å²) in [6.07, 6.45) is 5.30. The molecule has 0 saturated heterocycles. The Bertz CT molecular complexity index is 967.